The van der Waals surface area contributed by atoms with E-state index in [9.17, 15) is 9.90 Å². The number of furan rings is 1. The van der Waals surface area contributed by atoms with Gasteiger partial charge in [-0.1, -0.05) is 17.3 Å². The highest BCUT2D eigenvalue weighted by molar-refractivity contribution is 5.91. The molecule has 0 aliphatic rings. The number of nitrogens with zero attached hydrogens (tertiary/aromatic N) is 6. The minimum Gasteiger partial charge on any atom is -0.464 e. The molecule has 0 unspecified atom stereocenters. The highest BCUT2D eigenvalue weighted by atomic mass is 16.4. The van der Waals surface area contributed by atoms with Gasteiger partial charge in [-0.05, 0) is 29.8 Å². The third kappa shape index (κ3) is 2.39. The Kier molecular flexibility index (Phi) is 3.38. The van der Waals surface area contributed by atoms with E-state index >= 15 is 0 Å². The Balaban J connectivity index is 1.64. The molecule has 0 saturated carbocycles. The number of nitrogen functional groups attached to an aromatic ring is 1. The number of anilines is 1. The van der Waals surface area contributed by atoms with E-state index in [1.165, 1.54) is 17.0 Å². The van der Waals surface area contributed by atoms with Crippen LogP contribution in [0, 0.1) is 0 Å². The maximum Gasteiger partial charge on any atom is 0.415 e. The molecule has 5 aromatic rings. The lowest BCUT2D eigenvalue weighted by atomic mass is 10.1. The smallest absolute Gasteiger partial charge is 0.415 e. The van der Waals surface area contributed by atoms with Crippen molar-refractivity contribution in [1.82, 2.24) is 29.5 Å². The van der Waals surface area contributed by atoms with E-state index in [-0.39, 0.29) is 5.95 Å². The van der Waals surface area contributed by atoms with Crippen LogP contribution in [0.3, 0.4) is 0 Å². The molecule has 0 saturated heterocycles. The number of benzene rings is 1. The summed E-state index contributed by atoms with van der Waals surface area (Å²) in [6.07, 6.45) is 2.02. The molecule has 4 heterocycles. The van der Waals surface area contributed by atoms with Gasteiger partial charge >= 0.3 is 6.09 Å². The number of carboxylic acid groups (broad SMARTS) is 1. The lowest BCUT2D eigenvalue weighted by molar-refractivity contribution is 0.197. The second kappa shape index (κ2) is 5.91. The van der Waals surface area contributed by atoms with Gasteiger partial charge in [0.2, 0.25) is 5.95 Å². The molecule has 0 aliphatic carbocycles. The van der Waals surface area contributed by atoms with Crippen LogP contribution >= 0.6 is 0 Å². The molecule has 0 fully saturated rings. The van der Waals surface area contributed by atoms with Crippen LogP contribution in [0.1, 0.15) is 5.56 Å². The number of rotatable bonds is 3. The predicted molar refractivity (Wildman–Crippen MR) is 99.7 cm³/mol. The zero-order valence-electron chi connectivity index (χ0n) is 14.4. The fraction of sp³-hybridized carbons (Fsp3) is 0.0556. The van der Waals surface area contributed by atoms with Gasteiger partial charge in [0.05, 0.1) is 18.3 Å². The molecule has 3 N–H and O–H groups in total. The Morgan fingerprint density at radius 3 is 2.86 bits per heavy atom. The summed E-state index contributed by atoms with van der Waals surface area (Å²) in [6.45, 7) is 0.339. The number of aromatic nitrogens is 6. The Labute approximate surface area is 156 Å². The summed E-state index contributed by atoms with van der Waals surface area (Å²) in [7, 11) is 0. The van der Waals surface area contributed by atoms with Crippen molar-refractivity contribution in [3.8, 4) is 11.5 Å². The fourth-order valence-corrected chi connectivity index (χ4v) is 3.26. The Morgan fingerprint density at radius 2 is 2.07 bits per heavy atom. The highest BCUT2D eigenvalue weighted by Crippen LogP contribution is 2.27. The molecule has 0 spiro atoms. The SMILES string of the molecule is Nc1nc(-c2ccco2)c2nnn(Cc3cccc4c3ccn4C(=O)O)c2n1. The van der Waals surface area contributed by atoms with Crippen molar-refractivity contribution in [1.29, 1.82) is 0 Å². The van der Waals surface area contributed by atoms with E-state index in [1.54, 1.807) is 35.0 Å². The first kappa shape index (κ1) is 16.0. The van der Waals surface area contributed by atoms with Gasteiger partial charge in [-0.25, -0.2) is 14.5 Å². The molecule has 4 aromatic heterocycles. The van der Waals surface area contributed by atoms with Gasteiger partial charge in [-0.15, -0.1) is 5.10 Å². The van der Waals surface area contributed by atoms with E-state index in [0.717, 1.165) is 10.9 Å². The monoisotopic (exact) mass is 375 g/mol. The van der Waals surface area contributed by atoms with Crippen LogP contribution in [0.15, 0.2) is 53.3 Å². The number of hydrogen-bond donors (Lipinski definition) is 2. The van der Waals surface area contributed by atoms with Crippen molar-refractivity contribution in [3.63, 3.8) is 0 Å². The number of nitrogens with two attached hydrogens (primary N) is 1. The van der Waals surface area contributed by atoms with Gasteiger partial charge in [0.15, 0.2) is 16.9 Å². The van der Waals surface area contributed by atoms with Gasteiger partial charge in [-0.3, -0.25) is 4.57 Å². The Hall–Kier alpha value is -4.21. The summed E-state index contributed by atoms with van der Waals surface area (Å²) in [6, 6.07) is 10.7. The summed E-state index contributed by atoms with van der Waals surface area (Å²) in [5, 5.41) is 18.5. The summed E-state index contributed by atoms with van der Waals surface area (Å²) >= 11 is 0. The molecule has 10 nitrogen and oxygen atoms in total. The highest BCUT2D eigenvalue weighted by Gasteiger charge is 2.18. The van der Waals surface area contributed by atoms with Gasteiger partial charge in [0, 0.05) is 11.6 Å². The second-order valence-electron chi connectivity index (χ2n) is 6.15. The van der Waals surface area contributed by atoms with Crippen LogP contribution in [-0.2, 0) is 6.54 Å². The van der Waals surface area contributed by atoms with Gasteiger partial charge in [0.1, 0.15) is 5.69 Å². The van der Waals surface area contributed by atoms with E-state index in [2.05, 4.69) is 20.3 Å². The Morgan fingerprint density at radius 1 is 1.18 bits per heavy atom. The van der Waals surface area contributed by atoms with Crippen LogP contribution in [0.5, 0.6) is 0 Å². The van der Waals surface area contributed by atoms with Crippen LogP contribution in [0.4, 0.5) is 10.7 Å². The first-order valence-electron chi connectivity index (χ1n) is 8.34. The van der Waals surface area contributed by atoms with Crippen LogP contribution < -0.4 is 5.73 Å². The molecule has 1 aromatic carbocycles. The predicted octanol–water partition coefficient (Wildman–Crippen LogP) is 2.59. The van der Waals surface area contributed by atoms with Crippen molar-refractivity contribution in [3.05, 3.63) is 54.4 Å². The van der Waals surface area contributed by atoms with E-state index < -0.39 is 6.09 Å². The maximum absolute atomic E-state index is 11.4. The summed E-state index contributed by atoms with van der Waals surface area (Å²) in [5.41, 5.74) is 8.76. The van der Waals surface area contributed by atoms with E-state index in [1.807, 2.05) is 6.07 Å². The molecular weight excluding hydrogens is 362 g/mol. The summed E-state index contributed by atoms with van der Waals surface area (Å²) < 4.78 is 8.19. The molecule has 0 aliphatic heterocycles. The van der Waals surface area contributed by atoms with Crippen LogP contribution in [0.2, 0.25) is 0 Å². The lowest BCUT2D eigenvalue weighted by Gasteiger charge is -2.06. The Bertz CT molecular complexity index is 1330. The summed E-state index contributed by atoms with van der Waals surface area (Å²) in [5.74, 6) is 0.601. The molecule has 0 atom stereocenters. The van der Waals surface area contributed by atoms with Crippen molar-refractivity contribution >= 4 is 34.1 Å². The van der Waals surface area contributed by atoms with Crippen molar-refractivity contribution in [2.75, 3.05) is 5.73 Å². The molecule has 0 bridgehead atoms. The van der Waals surface area contributed by atoms with Gasteiger partial charge in [0.25, 0.3) is 0 Å². The molecule has 0 radical (unpaired) electrons. The van der Waals surface area contributed by atoms with E-state index in [4.69, 9.17) is 10.2 Å². The van der Waals surface area contributed by atoms with Gasteiger partial charge < -0.3 is 15.3 Å². The number of fused-ring (bicyclic) bond motifs is 2. The average molecular weight is 375 g/mol. The number of carbonyl (C=O) groups is 1. The average Bonchev–Trinajstić information content (AvgIpc) is 3.41. The zero-order chi connectivity index (χ0) is 19.3. The molecule has 10 heteroatoms. The molecular formula is C18H13N7O3. The summed E-state index contributed by atoms with van der Waals surface area (Å²) in [4.78, 5) is 19.9. The zero-order valence-corrected chi connectivity index (χ0v) is 14.4. The fourth-order valence-electron chi connectivity index (χ4n) is 3.26. The maximum atomic E-state index is 11.4. The quantitative estimate of drug-likeness (QED) is 0.491. The molecule has 0 amide bonds. The molecule has 138 valence electrons. The van der Waals surface area contributed by atoms with Crippen LogP contribution in [0.25, 0.3) is 33.5 Å². The second-order valence-corrected chi connectivity index (χ2v) is 6.15. The largest absolute Gasteiger partial charge is 0.464 e. The molecule has 28 heavy (non-hydrogen) atoms. The minimum atomic E-state index is -1.04. The van der Waals surface area contributed by atoms with E-state index in [0.29, 0.717) is 34.7 Å². The normalized spacial score (nSPS) is 11.4. The van der Waals surface area contributed by atoms with Crippen molar-refractivity contribution < 1.29 is 14.3 Å². The van der Waals surface area contributed by atoms with Crippen molar-refractivity contribution in [2.45, 2.75) is 6.54 Å². The van der Waals surface area contributed by atoms with Crippen LogP contribution in [-0.4, -0.2) is 40.7 Å². The first-order valence-corrected chi connectivity index (χ1v) is 8.34. The van der Waals surface area contributed by atoms with Gasteiger partial charge in [-0.2, -0.15) is 4.98 Å². The standard InChI is InChI=1S/C18H13N7O3/c19-17-20-14(13-5-2-8-28-13)15-16(21-17)25(23-22-15)9-10-3-1-4-12-11(10)6-7-24(12)18(26)27/h1-8H,9H2,(H,26,27)(H2,19,20,21). The lowest BCUT2D eigenvalue weighted by Crippen LogP contribution is -2.07. The number of hydrogen-bond acceptors (Lipinski definition) is 7. The first-order chi connectivity index (χ1) is 13.6. The third-order valence-corrected chi connectivity index (χ3v) is 4.48. The minimum absolute atomic E-state index is 0.0812. The third-order valence-electron chi connectivity index (χ3n) is 4.48. The van der Waals surface area contributed by atoms with Crippen molar-refractivity contribution in [2.24, 2.45) is 0 Å². The topological polar surface area (TPSA) is 138 Å². The molecule has 5 rings (SSSR count).